The first-order valence-corrected chi connectivity index (χ1v) is 10.2. The lowest BCUT2D eigenvalue weighted by atomic mass is 10.1. The van der Waals surface area contributed by atoms with E-state index in [4.69, 9.17) is 25.7 Å². The molecule has 4 heterocycles. The van der Waals surface area contributed by atoms with E-state index in [1.807, 2.05) is 18.4 Å². The van der Waals surface area contributed by atoms with Crippen molar-refractivity contribution in [2.24, 2.45) is 11.7 Å². The van der Waals surface area contributed by atoms with Gasteiger partial charge in [0.25, 0.3) is 0 Å². The lowest BCUT2D eigenvalue weighted by Crippen LogP contribution is -2.43. The molecule has 0 unspecified atom stereocenters. The summed E-state index contributed by atoms with van der Waals surface area (Å²) >= 11 is 0. The van der Waals surface area contributed by atoms with Crippen LogP contribution >= 0.6 is 0 Å². The number of anilines is 1. The highest BCUT2D eigenvalue weighted by molar-refractivity contribution is 5.81. The van der Waals surface area contributed by atoms with Gasteiger partial charge in [-0.15, -0.1) is 0 Å². The van der Waals surface area contributed by atoms with Gasteiger partial charge in [0, 0.05) is 26.2 Å². The Kier molecular flexibility index (Phi) is 5.47. The Morgan fingerprint density at radius 3 is 2.69 bits per heavy atom. The van der Waals surface area contributed by atoms with Crippen LogP contribution in [0.4, 0.5) is 5.82 Å². The minimum atomic E-state index is -0.684. The average molecular weight is 406 g/mol. The Bertz CT molecular complexity index is 855. The van der Waals surface area contributed by atoms with Gasteiger partial charge in [0.2, 0.25) is 0 Å². The molecule has 2 fully saturated rings. The van der Waals surface area contributed by atoms with Crippen LogP contribution in [0, 0.1) is 5.92 Å². The third kappa shape index (κ3) is 3.95. The molecule has 0 radical (unpaired) electrons. The molecule has 2 saturated heterocycles. The van der Waals surface area contributed by atoms with Crippen LogP contribution in [0.2, 0.25) is 0 Å². The molecule has 2 aromatic heterocycles. The molecule has 10 heteroatoms. The number of aromatic nitrogens is 4. The highest BCUT2D eigenvalue weighted by Gasteiger charge is 2.56. The maximum Gasteiger partial charge on any atom is 0.167 e. The van der Waals surface area contributed by atoms with Gasteiger partial charge >= 0.3 is 0 Å². The maximum atomic E-state index is 6.46. The van der Waals surface area contributed by atoms with Crippen molar-refractivity contribution in [3.05, 3.63) is 12.7 Å². The van der Waals surface area contributed by atoms with Gasteiger partial charge in [-0.25, -0.2) is 15.0 Å². The fourth-order valence-electron chi connectivity index (χ4n) is 4.30. The molecule has 4 N–H and O–H groups in total. The predicted octanol–water partition coefficient (Wildman–Crippen LogP) is 0.743. The average Bonchev–Trinajstić information content (AvgIpc) is 3.27. The normalized spacial score (nSPS) is 28.7. The van der Waals surface area contributed by atoms with Gasteiger partial charge in [-0.3, -0.25) is 9.47 Å². The van der Waals surface area contributed by atoms with Gasteiger partial charge in [-0.1, -0.05) is 13.8 Å². The first-order valence-electron chi connectivity index (χ1n) is 10.2. The van der Waals surface area contributed by atoms with Crippen LogP contribution in [-0.4, -0.2) is 74.7 Å². The van der Waals surface area contributed by atoms with Crippen molar-refractivity contribution in [2.45, 2.75) is 58.0 Å². The van der Waals surface area contributed by atoms with Crippen LogP contribution in [0.1, 0.15) is 33.9 Å². The van der Waals surface area contributed by atoms with Crippen LogP contribution in [0.5, 0.6) is 0 Å². The number of nitrogens with zero attached hydrogens (tertiary/aromatic N) is 5. The second-order valence-electron chi connectivity index (χ2n) is 8.65. The van der Waals surface area contributed by atoms with Gasteiger partial charge in [0.1, 0.15) is 30.2 Å². The molecule has 0 spiro atoms. The minimum Gasteiger partial charge on any atom is -0.382 e. The van der Waals surface area contributed by atoms with Crippen molar-refractivity contribution < 1.29 is 14.2 Å². The molecule has 2 aromatic rings. The number of hydrogen-bond donors (Lipinski definition) is 2. The van der Waals surface area contributed by atoms with Crippen molar-refractivity contribution in [1.82, 2.24) is 24.4 Å². The zero-order chi connectivity index (χ0) is 20.8. The first kappa shape index (κ1) is 20.4. The van der Waals surface area contributed by atoms with Crippen molar-refractivity contribution in [2.75, 3.05) is 31.9 Å². The molecule has 2 aliphatic rings. The SMILES string of the molecule is CC(C)CN(CCN)C[C@H]1O[C@@H](n2cnc3c(N)ncnc32)[C@@H]2OC(C)(C)O[C@@H]21. The number of ether oxygens (including phenoxy) is 3. The summed E-state index contributed by atoms with van der Waals surface area (Å²) in [5.74, 6) is 0.190. The zero-order valence-electron chi connectivity index (χ0n) is 17.5. The van der Waals surface area contributed by atoms with E-state index in [2.05, 4.69) is 33.7 Å². The Balaban J connectivity index is 1.63. The summed E-state index contributed by atoms with van der Waals surface area (Å²) in [5, 5.41) is 0. The largest absolute Gasteiger partial charge is 0.382 e. The Morgan fingerprint density at radius 2 is 1.97 bits per heavy atom. The standard InChI is InChI=1S/C19H31N7O3/c1-11(2)7-25(6-5-20)8-12-14-15(29-19(3,4)28-14)18(27-12)26-10-24-13-16(21)22-9-23-17(13)26/h9-12,14-15,18H,5-8,20H2,1-4H3,(H2,21,22,23)/t12-,14-,15-,18-/m1/s1. The number of imidazole rings is 1. The first-order chi connectivity index (χ1) is 13.8. The van der Waals surface area contributed by atoms with Crippen molar-refractivity contribution in [3.8, 4) is 0 Å². The molecule has 4 atom stereocenters. The molecule has 160 valence electrons. The lowest BCUT2D eigenvalue weighted by molar-refractivity contribution is -0.198. The van der Waals surface area contributed by atoms with E-state index < -0.39 is 12.0 Å². The molecule has 2 aliphatic heterocycles. The van der Waals surface area contributed by atoms with Crippen LogP contribution in [0.15, 0.2) is 12.7 Å². The Morgan fingerprint density at radius 1 is 1.21 bits per heavy atom. The van der Waals surface area contributed by atoms with Crippen molar-refractivity contribution in [1.29, 1.82) is 0 Å². The van der Waals surface area contributed by atoms with E-state index in [0.717, 1.165) is 19.6 Å². The summed E-state index contributed by atoms with van der Waals surface area (Å²) in [7, 11) is 0. The Labute approximate surface area is 170 Å². The molecule has 10 nitrogen and oxygen atoms in total. The molecular formula is C19H31N7O3. The second kappa shape index (κ2) is 7.77. The fraction of sp³-hybridized carbons (Fsp3) is 0.737. The van der Waals surface area contributed by atoms with Gasteiger partial charge in [0.15, 0.2) is 23.5 Å². The highest BCUT2D eigenvalue weighted by Crippen LogP contribution is 2.44. The van der Waals surface area contributed by atoms with E-state index >= 15 is 0 Å². The number of fused-ring (bicyclic) bond motifs is 2. The summed E-state index contributed by atoms with van der Waals surface area (Å²) in [6.45, 7) is 11.3. The number of hydrogen-bond acceptors (Lipinski definition) is 9. The summed E-state index contributed by atoms with van der Waals surface area (Å²) in [4.78, 5) is 15.1. The molecule has 0 aliphatic carbocycles. The van der Waals surface area contributed by atoms with Crippen molar-refractivity contribution in [3.63, 3.8) is 0 Å². The van der Waals surface area contributed by atoms with E-state index in [0.29, 0.717) is 29.4 Å². The summed E-state index contributed by atoms with van der Waals surface area (Å²) in [6, 6.07) is 0. The molecular weight excluding hydrogens is 374 g/mol. The summed E-state index contributed by atoms with van der Waals surface area (Å²) in [5.41, 5.74) is 13.0. The van der Waals surface area contributed by atoms with Crippen molar-refractivity contribution >= 4 is 17.0 Å². The van der Waals surface area contributed by atoms with Gasteiger partial charge < -0.3 is 25.7 Å². The van der Waals surface area contributed by atoms with Gasteiger partial charge in [-0.2, -0.15) is 0 Å². The highest BCUT2D eigenvalue weighted by atomic mass is 16.8. The van der Waals surface area contributed by atoms with E-state index in [-0.39, 0.29) is 18.3 Å². The second-order valence-corrected chi connectivity index (χ2v) is 8.65. The molecule has 0 aromatic carbocycles. The van der Waals surface area contributed by atoms with Crippen LogP contribution in [-0.2, 0) is 14.2 Å². The smallest absolute Gasteiger partial charge is 0.167 e. The third-order valence-corrected chi connectivity index (χ3v) is 5.29. The van der Waals surface area contributed by atoms with Crippen LogP contribution in [0.25, 0.3) is 11.2 Å². The zero-order valence-corrected chi connectivity index (χ0v) is 17.5. The minimum absolute atomic E-state index is 0.159. The molecule has 29 heavy (non-hydrogen) atoms. The van der Waals surface area contributed by atoms with E-state index in [9.17, 15) is 0 Å². The Hall–Kier alpha value is -1.85. The molecule has 4 rings (SSSR count). The van der Waals surface area contributed by atoms with E-state index in [1.165, 1.54) is 6.33 Å². The van der Waals surface area contributed by atoms with E-state index in [1.54, 1.807) is 6.33 Å². The predicted molar refractivity (Wildman–Crippen MR) is 108 cm³/mol. The molecule has 0 bridgehead atoms. The maximum absolute atomic E-state index is 6.46. The van der Waals surface area contributed by atoms with Crippen LogP contribution in [0.3, 0.4) is 0 Å². The summed E-state index contributed by atoms with van der Waals surface area (Å²) < 4.78 is 20.8. The topological polar surface area (TPSA) is 127 Å². The van der Waals surface area contributed by atoms with Gasteiger partial charge in [-0.05, 0) is 19.8 Å². The van der Waals surface area contributed by atoms with Crippen LogP contribution < -0.4 is 11.5 Å². The lowest BCUT2D eigenvalue weighted by Gasteiger charge is -2.29. The number of rotatable bonds is 7. The third-order valence-electron chi connectivity index (χ3n) is 5.29. The quantitative estimate of drug-likeness (QED) is 0.686. The van der Waals surface area contributed by atoms with Gasteiger partial charge in [0.05, 0.1) is 6.33 Å². The fourth-order valence-corrected chi connectivity index (χ4v) is 4.30. The number of nitrogen functional groups attached to an aromatic ring is 1. The molecule has 0 saturated carbocycles. The number of nitrogens with two attached hydrogens (primary N) is 2. The monoisotopic (exact) mass is 405 g/mol. The molecule has 0 amide bonds. The summed E-state index contributed by atoms with van der Waals surface area (Å²) in [6.07, 6.45) is 2.07.